The highest BCUT2D eigenvalue weighted by atomic mass is 19.1. The van der Waals surface area contributed by atoms with Crippen LogP contribution >= 0.6 is 0 Å². The number of nitrogens with one attached hydrogen (secondary N) is 2. The van der Waals surface area contributed by atoms with Gasteiger partial charge in [-0.15, -0.1) is 0 Å². The van der Waals surface area contributed by atoms with Crippen molar-refractivity contribution in [1.82, 2.24) is 15.3 Å². The zero-order chi connectivity index (χ0) is 19.9. The van der Waals surface area contributed by atoms with Crippen LogP contribution in [0.1, 0.15) is 21.7 Å². The molecule has 0 saturated heterocycles. The van der Waals surface area contributed by atoms with Gasteiger partial charge in [0.2, 0.25) is 5.95 Å². The van der Waals surface area contributed by atoms with E-state index in [9.17, 15) is 9.18 Å². The van der Waals surface area contributed by atoms with Gasteiger partial charge in [-0.05, 0) is 49.2 Å². The quantitative estimate of drug-likeness (QED) is 0.654. The molecule has 0 saturated carbocycles. The number of amides is 1. The number of methoxy groups -OCH3 is 1. The van der Waals surface area contributed by atoms with Crippen LogP contribution in [0, 0.1) is 12.7 Å². The molecule has 1 amide bonds. The lowest BCUT2D eigenvalue weighted by molar-refractivity contribution is 0.0949. The fourth-order valence-electron chi connectivity index (χ4n) is 2.63. The molecule has 0 unspecified atom stereocenters. The summed E-state index contributed by atoms with van der Waals surface area (Å²) in [5.41, 5.74) is 2.65. The van der Waals surface area contributed by atoms with Gasteiger partial charge in [0.05, 0.1) is 7.11 Å². The second-order valence-corrected chi connectivity index (χ2v) is 6.21. The first-order chi connectivity index (χ1) is 13.5. The molecule has 0 atom stereocenters. The molecule has 28 heavy (non-hydrogen) atoms. The van der Waals surface area contributed by atoms with Crippen LogP contribution in [0.2, 0.25) is 0 Å². The van der Waals surface area contributed by atoms with Crippen LogP contribution in [0.15, 0.2) is 54.6 Å². The molecule has 0 aliphatic carbocycles. The van der Waals surface area contributed by atoms with Crippen molar-refractivity contribution in [2.75, 3.05) is 19.0 Å². The lowest BCUT2D eigenvalue weighted by Gasteiger charge is -2.10. The third-order valence-electron chi connectivity index (χ3n) is 4.03. The summed E-state index contributed by atoms with van der Waals surface area (Å²) < 4.78 is 18.1. The Hall–Kier alpha value is -3.48. The van der Waals surface area contributed by atoms with Gasteiger partial charge in [0.25, 0.3) is 5.91 Å². The first-order valence-corrected chi connectivity index (χ1v) is 8.83. The highest BCUT2D eigenvalue weighted by Gasteiger charge is 2.11. The Morgan fingerprint density at radius 3 is 2.64 bits per heavy atom. The Morgan fingerprint density at radius 1 is 1.11 bits per heavy atom. The molecule has 2 aromatic carbocycles. The standard InChI is InChI=1S/C21H21FN4O2/c1-14-12-19(20(27)23-11-10-15-6-8-16(22)9-7-15)26-21(24-14)25-17-4-3-5-18(13-17)28-2/h3-9,12-13H,10-11H2,1-2H3,(H,23,27)(H,24,25,26). The molecule has 0 bridgehead atoms. The minimum atomic E-state index is -0.290. The van der Waals surface area contributed by atoms with Crippen molar-refractivity contribution in [2.45, 2.75) is 13.3 Å². The van der Waals surface area contributed by atoms with Crippen LogP contribution < -0.4 is 15.4 Å². The number of nitrogens with zero attached hydrogens (tertiary/aromatic N) is 2. The summed E-state index contributed by atoms with van der Waals surface area (Å²) in [5.74, 6) is 0.468. The zero-order valence-corrected chi connectivity index (χ0v) is 15.7. The summed E-state index contributed by atoms with van der Waals surface area (Å²) in [6, 6.07) is 15.2. The van der Waals surface area contributed by atoms with E-state index >= 15 is 0 Å². The van der Waals surface area contributed by atoms with Crippen molar-refractivity contribution in [3.8, 4) is 5.75 Å². The van der Waals surface area contributed by atoms with Crippen LogP contribution in [0.4, 0.5) is 16.0 Å². The zero-order valence-electron chi connectivity index (χ0n) is 15.7. The molecule has 0 aliphatic rings. The van der Waals surface area contributed by atoms with Crippen molar-refractivity contribution in [3.63, 3.8) is 0 Å². The number of aryl methyl sites for hydroxylation is 1. The largest absolute Gasteiger partial charge is 0.497 e. The van der Waals surface area contributed by atoms with Gasteiger partial charge in [-0.2, -0.15) is 0 Å². The van der Waals surface area contributed by atoms with Crippen LogP contribution in [0.5, 0.6) is 5.75 Å². The van der Waals surface area contributed by atoms with Crippen molar-refractivity contribution in [1.29, 1.82) is 0 Å². The third kappa shape index (κ3) is 5.26. The highest BCUT2D eigenvalue weighted by Crippen LogP contribution is 2.19. The first-order valence-electron chi connectivity index (χ1n) is 8.83. The first kappa shape index (κ1) is 19.3. The molecule has 1 aromatic heterocycles. The van der Waals surface area contributed by atoms with Crippen LogP contribution in [-0.2, 0) is 6.42 Å². The van der Waals surface area contributed by atoms with Crippen LogP contribution in [0.25, 0.3) is 0 Å². The number of hydrogen-bond donors (Lipinski definition) is 2. The number of carbonyl (C=O) groups excluding carboxylic acids is 1. The van der Waals surface area contributed by atoms with Gasteiger partial charge in [0, 0.05) is 24.0 Å². The van der Waals surface area contributed by atoms with Gasteiger partial charge in [-0.1, -0.05) is 18.2 Å². The van der Waals surface area contributed by atoms with Gasteiger partial charge in [-0.25, -0.2) is 14.4 Å². The predicted octanol–water partition coefficient (Wildman–Crippen LogP) is 3.65. The Kier molecular flexibility index (Phi) is 6.16. The Balaban J connectivity index is 1.64. The van der Waals surface area contributed by atoms with E-state index in [2.05, 4.69) is 20.6 Å². The Labute approximate surface area is 162 Å². The summed E-state index contributed by atoms with van der Waals surface area (Å²) in [6.45, 7) is 2.22. The van der Waals surface area contributed by atoms with Crippen LogP contribution in [0.3, 0.4) is 0 Å². The summed E-state index contributed by atoms with van der Waals surface area (Å²) in [4.78, 5) is 21.1. The number of hydrogen-bond acceptors (Lipinski definition) is 5. The molecule has 3 rings (SSSR count). The van der Waals surface area contributed by atoms with Gasteiger partial charge in [-0.3, -0.25) is 4.79 Å². The lowest BCUT2D eigenvalue weighted by atomic mass is 10.1. The monoisotopic (exact) mass is 380 g/mol. The SMILES string of the molecule is COc1cccc(Nc2nc(C)cc(C(=O)NCCc3ccc(F)cc3)n2)c1. The van der Waals surface area contributed by atoms with Gasteiger partial charge >= 0.3 is 0 Å². The average molecular weight is 380 g/mol. The molecule has 0 spiro atoms. The molecular formula is C21H21FN4O2. The molecule has 2 N–H and O–H groups in total. The van der Waals surface area contributed by atoms with E-state index in [1.807, 2.05) is 24.3 Å². The summed E-state index contributed by atoms with van der Waals surface area (Å²) in [5, 5.41) is 5.91. The number of halogens is 1. The molecule has 0 radical (unpaired) electrons. The van der Waals surface area contributed by atoms with E-state index < -0.39 is 0 Å². The Bertz CT molecular complexity index is 961. The Morgan fingerprint density at radius 2 is 1.89 bits per heavy atom. The normalized spacial score (nSPS) is 10.4. The smallest absolute Gasteiger partial charge is 0.270 e. The second kappa shape index (κ2) is 8.94. The van der Waals surface area contributed by atoms with E-state index in [-0.39, 0.29) is 17.4 Å². The summed E-state index contributed by atoms with van der Waals surface area (Å²) in [6.07, 6.45) is 0.602. The lowest BCUT2D eigenvalue weighted by Crippen LogP contribution is -2.27. The minimum Gasteiger partial charge on any atom is -0.497 e. The van der Waals surface area contributed by atoms with E-state index in [1.54, 1.807) is 32.2 Å². The maximum atomic E-state index is 12.9. The summed E-state index contributed by atoms with van der Waals surface area (Å²) in [7, 11) is 1.59. The number of rotatable bonds is 7. The van der Waals surface area contributed by atoms with E-state index in [0.717, 1.165) is 11.3 Å². The van der Waals surface area contributed by atoms with Gasteiger partial charge in [0.1, 0.15) is 17.3 Å². The summed E-state index contributed by atoms with van der Waals surface area (Å²) >= 11 is 0. The van der Waals surface area contributed by atoms with Crippen molar-refractivity contribution < 1.29 is 13.9 Å². The van der Waals surface area contributed by atoms with Crippen molar-refractivity contribution >= 4 is 17.5 Å². The number of aromatic nitrogens is 2. The highest BCUT2D eigenvalue weighted by molar-refractivity contribution is 5.92. The van der Waals surface area contributed by atoms with Gasteiger partial charge < -0.3 is 15.4 Å². The number of carbonyl (C=O) groups is 1. The predicted molar refractivity (Wildman–Crippen MR) is 105 cm³/mol. The fraction of sp³-hybridized carbons (Fsp3) is 0.190. The maximum Gasteiger partial charge on any atom is 0.270 e. The average Bonchev–Trinajstić information content (AvgIpc) is 2.69. The molecule has 0 fully saturated rings. The molecule has 7 heteroatoms. The molecular weight excluding hydrogens is 359 g/mol. The molecule has 144 valence electrons. The molecule has 3 aromatic rings. The topological polar surface area (TPSA) is 76.1 Å². The van der Waals surface area contributed by atoms with Crippen LogP contribution in [-0.4, -0.2) is 29.5 Å². The fourth-order valence-corrected chi connectivity index (χ4v) is 2.63. The number of anilines is 2. The van der Waals surface area contributed by atoms with E-state index in [0.29, 0.717) is 30.4 Å². The molecule has 1 heterocycles. The van der Waals surface area contributed by atoms with E-state index in [4.69, 9.17) is 4.74 Å². The molecule has 0 aliphatic heterocycles. The van der Waals surface area contributed by atoms with Crippen molar-refractivity contribution in [2.24, 2.45) is 0 Å². The van der Waals surface area contributed by atoms with E-state index in [1.165, 1.54) is 12.1 Å². The second-order valence-electron chi connectivity index (χ2n) is 6.21. The third-order valence-corrected chi connectivity index (χ3v) is 4.03. The maximum absolute atomic E-state index is 12.9. The molecule has 6 nitrogen and oxygen atoms in total. The number of benzene rings is 2. The minimum absolute atomic E-state index is 0.275. The number of ether oxygens (including phenoxy) is 1. The van der Waals surface area contributed by atoms with Gasteiger partial charge in [0.15, 0.2) is 0 Å². The van der Waals surface area contributed by atoms with Crippen molar-refractivity contribution in [3.05, 3.63) is 77.4 Å².